The number of carbonyl (C=O) groups is 1. The molecule has 0 saturated carbocycles. The average Bonchev–Trinajstić information content (AvgIpc) is 3.05. The van der Waals surface area contributed by atoms with Crippen molar-refractivity contribution >= 4 is 17.8 Å². The number of hydrazone groups is 1. The monoisotopic (exact) mass is 399 g/mol. The lowest BCUT2D eigenvalue weighted by atomic mass is 10.1. The van der Waals surface area contributed by atoms with Crippen molar-refractivity contribution in [1.29, 1.82) is 0 Å². The standard InChI is InChI=1S/C20H21N3O6/c1-3-27-18-9-14-8-13(2)29-19(14)10-15(18)11-21-22-20(24)12-28-17-7-5-4-6-16(17)23(25)26/h4-7,9-11,13H,3,8,12H2,1-2H3,(H,22,24)/b21-11-/t13-/m1/s1. The number of hydrogen-bond acceptors (Lipinski definition) is 7. The van der Waals surface area contributed by atoms with Crippen molar-refractivity contribution in [2.75, 3.05) is 13.2 Å². The lowest BCUT2D eigenvalue weighted by Gasteiger charge is -2.09. The molecule has 1 heterocycles. The van der Waals surface area contributed by atoms with Crippen LogP contribution in [0.1, 0.15) is 25.0 Å². The van der Waals surface area contributed by atoms with Gasteiger partial charge in [-0.05, 0) is 32.0 Å². The zero-order chi connectivity index (χ0) is 20.8. The second kappa shape index (κ2) is 9.05. The first-order valence-electron chi connectivity index (χ1n) is 9.12. The molecule has 1 N–H and O–H groups in total. The number of carbonyl (C=O) groups excluding carboxylic acids is 1. The number of nitrogens with zero attached hydrogens (tertiary/aromatic N) is 2. The number of rotatable bonds is 8. The zero-order valence-electron chi connectivity index (χ0n) is 16.1. The quantitative estimate of drug-likeness (QED) is 0.415. The summed E-state index contributed by atoms with van der Waals surface area (Å²) >= 11 is 0. The molecule has 9 nitrogen and oxygen atoms in total. The summed E-state index contributed by atoms with van der Waals surface area (Å²) in [6, 6.07) is 9.58. The smallest absolute Gasteiger partial charge is 0.310 e. The van der Waals surface area contributed by atoms with Crippen LogP contribution in [-0.4, -0.2) is 36.4 Å². The number of nitro groups is 1. The van der Waals surface area contributed by atoms with Crippen LogP contribution in [0.3, 0.4) is 0 Å². The first-order chi connectivity index (χ1) is 14.0. The first kappa shape index (κ1) is 20.1. The van der Waals surface area contributed by atoms with E-state index in [4.69, 9.17) is 14.2 Å². The highest BCUT2D eigenvalue weighted by Gasteiger charge is 2.21. The Morgan fingerprint density at radius 1 is 1.34 bits per heavy atom. The molecule has 152 valence electrons. The van der Waals surface area contributed by atoms with E-state index in [0.29, 0.717) is 17.9 Å². The molecule has 0 spiro atoms. The van der Waals surface area contributed by atoms with Gasteiger partial charge in [0.25, 0.3) is 5.91 Å². The Balaban J connectivity index is 1.62. The van der Waals surface area contributed by atoms with Gasteiger partial charge in [0.2, 0.25) is 0 Å². The van der Waals surface area contributed by atoms with Gasteiger partial charge >= 0.3 is 5.69 Å². The van der Waals surface area contributed by atoms with E-state index in [-0.39, 0.29) is 17.5 Å². The van der Waals surface area contributed by atoms with E-state index in [1.807, 2.05) is 26.0 Å². The van der Waals surface area contributed by atoms with E-state index in [1.54, 1.807) is 6.07 Å². The van der Waals surface area contributed by atoms with Crippen molar-refractivity contribution in [3.63, 3.8) is 0 Å². The highest BCUT2D eigenvalue weighted by molar-refractivity contribution is 5.86. The fraction of sp³-hybridized carbons (Fsp3) is 0.300. The fourth-order valence-electron chi connectivity index (χ4n) is 2.92. The molecule has 0 bridgehead atoms. The number of ether oxygens (including phenoxy) is 3. The third-order valence-electron chi connectivity index (χ3n) is 4.14. The largest absolute Gasteiger partial charge is 0.493 e. The number of nitro benzene ring substituents is 1. The number of para-hydroxylation sites is 2. The molecular formula is C20H21N3O6. The molecule has 3 rings (SSSR count). The molecule has 1 aliphatic heterocycles. The topological polar surface area (TPSA) is 112 Å². The highest BCUT2D eigenvalue weighted by atomic mass is 16.6. The molecule has 0 aromatic heterocycles. The van der Waals surface area contributed by atoms with Crippen molar-refractivity contribution in [1.82, 2.24) is 5.43 Å². The Morgan fingerprint density at radius 3 is 2.90 bits per heavy atom. The molecular weight excluding hydrogens is 378 g/mol. The van der Waals surface area contributed by atoms with Gasteiger partial charge < -0.3 is 14.2 Å². The maximum Gasteiger partial charge on any atom is 0.310 e. The summed E-state index contributed by atoms with van der Waals surface area (Å²) in [5.41, 5.74) is 3.86. The lowest BCUT2D eigenvalue weighted by molar-refractivity contribution is -0.385. The maximum atomic E-state index is 12.0. The predicted molar refractivity (Wildman–Crippen MR) is 106 cm³/mol. The lowest BCUT2D eigenvalue weighted by Crippen LogP contribution is -2.24. The van der Waals surface area contributed by atoms with Crippen LogP contribution in [0.15, 0.2) is 41.5 Å². The molecule has 2 aromatic carbocycles. The van der Waals surface area contributed by atoms with Gasteiger partial charge in [0.05, 0.1) is 17.7 Å². The Labute approximate surface area is 167 Å². The second-order valence-corrected chi connectivity index (χ2v) is 6.37. The SMILES string of the molecule is CCOc1cc2c(cc1/C=N\NC(=O)COc1ccccc1[N+](=O)[O-])O[C@H](C)C2. The number of hydrogen-bond donors (Lipinski definition) is 1. The maximum absolute atomic E-state index is 12.0. The Morgan fingerprint density at radius 2 is 2.14 bits per heavy atom. The molecule has 0 fully saturated rings. The van der Waals surface area contributed by atoms with Crippen molar-refractivity contribution in [2.45, 2.75) is 26.4 Å². The van der Waals surface area contributed by atoms with Gasteiger partial charge in [0.15, 0.2) is 12.4 Å². The third kappa shape index (κ3) is 5.01. The molecule has 1 amide bonds. The van der Waals surface area contributed by atoms with Gasteiger partial charge in [-0.2, -0.15) is 5.10 Å². The van der Waals surface area contributed by atoms with Gasteiger partial charge in [0, 0.05) is 23.6 Å². The second-order valence-electron chi connectivity index (χ2n) is 6.37. The van der Waals surface area contributed by atoms with Crippen molar-refractivity contribution in [2.24, 2.45) is 5.10 Å². The number of nitrogens with one attached hydrogen (secondary N) is 1. The molecule has 1 atom stereocenters. The van der Waals surface area contributed by atoms with Crippen LogP contribution in [0.2, 0.25) is 0 Å². The van der Waals surface area contributed by atoms with Crippen molar-refractivity contribution in [3.05, 3.63) is 57.6 Å². The molecule has 0 unspecified atom stereocenters. The van der Waals surface area contributed by atoms with Crippen LogP contribution in [0.5, 0.6) is 17.2 Å². The minimum Gasteiger partial charge on any atom is -0.493 e. The van der Waals surface area contributed by atoms with Crippen LogP contribution in [0, 0.1) is 10.1 Å². The van der Waals surface area contributed by atoms with E-state index in [2.05, 4.69) is 10.5 Å². The normalized spacial score (nSPS) is 14.9. The summed E-state index contributed by atoms with van der Waals surface area (Å²) < 4.78 is 16.6. The molecule has 1 aliphatic rings. The molecule has 0 radical (unpaired) electrons. The minimum absolute atomic E-state index is 0.0140. The van der Waals surface area contributed by atoms with E-state index in [1.165, 1.54) is 24.4 Å². The van der Waals surface area contributed by atoms with Crippen LogP contribution in [0.4, 0.5) is 5.69 Å². The van der Waals surface area contributed by atoms with Gasteiger partial charge in [-0.15, -0.1) is 0 Å². The number of fused-ring (bicyclic) bond motifs is 1. The number of benzene rings is 2. The summed E-state index contributed by atoms with van der Waals surface area (Å²) in [4.78, 5) is 22.3. The molecule has 2 aromatic rings. The third-order valence-corrected chi connectivity index (χ3v) is 4.14. The Hall–Kier alpha value is -3.62. The van der Waals surface area contributed by atoms with Crippen molar-refractivity contribution < 1.29 is 23.9 Å². The van der Waals surface area contributed by atoms with Gasteiger partial charge in [0.1, 0.15) is 17.6 Å². The van der Waals surface area contributed by atoms with E-state index in [9.17, 15) is 14.9 Å². The van der Waals surface area contributed by atoms with Crippen molar-refractivity contribution in [3.8, 4) is 17.2 Å². The summed E-state index contributed by atoms with van der Waals surface area (Å²) in [6.07, 6.45) is 2.37. The predicted octanol–water partition coefficient (Wildman–Crippen LogP) is 2.85. The average molecular weight is 399 g/mol. The molecule has 0 saturated heterocycles. The zero-order valence-corrected chi connectivity index (χ0v) is 16.1. The summed E-state index contributed by atoms with van der Waals surface area (Å²) in [5, 5.41) is 14.9. The summed E-state index contributed by atoms with van der Waals surface area (Å²) in [5.74, 6) is 0.884. The highest BCUT2D eigenvalue weighted by Crippen LogP contribution is 2.34. The van der Waals surface area contributed by atoms with Crippen LogP contribution < -0.4 is 19.6 Å². The minimum atomic E-state index is -0.572. The van der Waals surface area contributed by atoms with Crippen LogP contribution in [-0.2, 0) is 11.2 Å². The van der Waals surface area contributed by atoms with Crippen LogP contribution in [0.25, 0.3) is 0 Å². The molecule has 9 heteroatoms. The van der Waals surface area contributed by atoms with Gasteiger partial charge in [-0.3, -0.25) is 14.9 Å². The number of amides is 1. The summed E-state index contributed by atoms with van der Waals surface area (Å²) in [6.45, 7) is 3.96. The van der Waals surface area contributed by atoms with Crippen LogP contribution >= 0.6 is 0 Å². The summed E-state index contributed by atoms with van der Waals surface area (Å²) in [7, 11) is 0. The Kier molecular flexibility index (Phi) is 6.28. The fourth-order valence-corrected chi connectivity index (χ4v) is 2.92. The van der Waals surface area contributed by atoms with E-state index in [0.717, 1.165) is 17.7 Å². The first-order valence-corrected chi connectivity index (χ1v) is 9.12. The Bertz CT molecular complexity index is 944. The van der Waals surface area contributed by atoms with E-state index >= 15 is 0 Å². The van der Waals surface area contributed by atoms with E-state index < -0.39 is 17.4 Å². The van der Waals surface area contributed by atoms with Gasteiger partial charge in [-0.1, -0.05) is 12.1 Å². The van der Waals surface area contributed by atoms with Gasteiger partial charge in [-0.25, -0.2) is 5.43 Å². The molecule has 0 aliphatic carbocycles. The molecule has 29 heavy (non-hydrogen) atoms.